The predicted molar refractivity (Wildman–Crippen MR) is 241 cm³/mol. The Morgan fingerprint density at radius 2 is 1.17 bits per heavy atom. The summed E-state index contributed by atoms with van der Waals surface area (Å²) in [5, 5.41) is 8.95. The molecule has 0 fully saturated rings. The maximum Gasteiger partial charge on any atom is 0.343 e. The van der Waals surface area contributed by atoms with Crippen LogP contribution in [0, 0.1) is 0 Å². The highest BCUT2D eigenvalue weighted by Crippen LogP contribution is 2.34. The van der Waals surface area contributed by atoms with Gasteiger partial charge in [0.25, 0.3) is 0 Å². The molecule has 0 aliphatic carbocycles. The minimum Gasteiger partial charge on any atom is -0.493 e. The van der Waals surface area contributed by atoms with Crippen molar-refractivity contribution in [2.75, 3.05) is 37.1 Å². The average Bonchev–Trinajstić information content (AvgIpc) is 3.30. The van der Waals surface area contributed by atoms with Crippen molar-refractivity contribution in [3.63, 3.8) is 0 Å². The van der Waals surface area contributed by atoms with Crippen molar-refractivity contribution < 1.29 is 47.6 Å². The minimum atomic E-state index is -0.638. The zero-order valence-corrected chi connectivity index (χ0v) is 34.8. The molecule has 1 aromatic heterocycles. The van der Waals surface area contributed by atoms with Gasteiger partial charge in [0.2, 0.25) is 0 Å². The summed E-state index contributed by atoms with van der Waals surface area (Å²) in [4.78, 5) is 53.7. The fourth-order valence-electron chi connectivity index (χ4n) is 6.12. The first-order valence-electron chi connectivity index (χ1n) is 20.3. The molecule has 6 aromatic rings. The Kier molecular flexibility index (Phi) is 16.0. The van der Waals surface area contributed by atoms with E-state index >= 15 is 0 Å². The molecule has 2 N–H and O–H groups in total. The van der Waals surface area contributed by atoms with Crippen molar-refractivity contribution in [1.82, 2.24) is 4.98 Å². The Morgan fingerprint density at radius 3 is 1.79 bits per heavy atom. The van der Waals surface area contributed by atoms with Crippen molar-refractivity contribution in [1.29, 1.82) is 0 Å². The summed E-state index contributed by atoms with van der Waals surface area (Å²) in [5.41, 5.74) is 3.62. The van der Waals surface area contributed by atoms with Gasteiger partial charge < -0.3 is 39.1 Å². The van der Waals surface area contributed by atoms with E-state index in [0.29, 0.717) is 54.7 Å². The number of aryl methyl sites for hydroxylation is 1. The third kappa shape index (κ3) is 13.5. The van der Waals surface area contributed by atoms with E-state index < -0.39 is 23.9 Å². The standard InChI is InChI=1S/C50H47N3O10/c1-4-9-34-10-11-35-12-17-39(31-38(35)30-34)53-46-32-40(24-25-51-46)52-44-33-43(62-49(56)36-13-18-41(19-14-36)58-26-7-28-60-47(54)5-2)22-23-45(44)63-50(57)37-15-20-42(21-16-37)59-27-8-29-61-48(55)6-3/h5-6,10-25,30-33H,2-4,7-9,26-29H2,1H3,(H2,51,52,53). The van der Waals surface area contributed by atoms with Gasteiger partial charge in [0, 0.05) is 54.7 Å². The maximum atomic E-state index is 13.5. The smallest absolute Gasteiger partial charge is 0.343 e. The summed E-state index contributed by atoms with van der Waals surface area (Å²) in [6, 6.07) is 33.7. The summed E-state index contributed by atoms with van der Waals surface area (Å²) in [6.45, 7) is 9.87. The normalized spacial score (nSPS) is 10.6. The number of nitrogens with one attached hydrogen (secondary N) is 2. The lowest BCUT2D eigenvalue weighted by Gasteiger charge is -2.15. The number of nitrogens with zero attached hydrogens (tertiary/aromatic N) is 1. The number of benzene rings is 5. The minimum absolute atomic E-state index is 0.165. The van der Waals surface area contributed by atoms with Gasteiger partial charge in [0.05, 0.1) is 43.2 Å². The SMILES string of the molecule is C=CC(=O)OCCCOc1ccc(C(=O)Oc2ccc(OC(=O)c3ccc(OCCCOC(=O)C=C)cc3)c(Nc3ccnc(Nc4ccc5ccc(CCC)cc5c4)c3)c2)cc1. The lowest BCUT2D eigenvalue weighted by molar-refractivity contribution is -0.138. The van der Waals surface area contributed by atoms with Crippen LogP contribution in [0.15, 0.2) is 147 Å². The Hall–Kier alpha value is -7.93. The van der Waals surface area contributed by atoms with E-state index in [0.717, 1.165) is 41.5 Å². The van der Waals surface area contributed by atoms with Crippen LogP contribution in [0.25, 0.3) is 10.8 Å². The van der Waals surface area contributed by atoms with Crippen molar-refractivity contribution in [3.8, 4) is 23.0 Å². The summed E-state index contributed by atoms with van der Waals surface area (Å²) in [5.74, 6) is -0.299. The molecule has 0 amide bonds. The molecule has 13 nitrogen and oxygen atoms in total. The third-order valence-corrected chi connectivity index (χ3v) is 9.24. The molecule has 0 aliphatic heterocycles. The number of fused-ring (bicyclic) bond motifs is 1. The summed E-state index contributed by atoms with van der Waals surface area (Å²) >= 11 is 0. The fraction of sp³-hybridized carbons (Fsp3) is 0.180. The molecule has 6 rings (SSSR count). The highest BCUT2D eigenvalue weighted by atomic mass is 16.5. The Morgan fingerprint density at radius 1 is 0.587 bits per heavy atom. The van der Waals surface area contributed by atoms with Gasteiger partial charge in [-0.2, -0.15) is 0 Å². The topological polar surface area (TPSA) is 161 Å². The van der Waals surface area contributed by atoms with Gasteiger partial charge in [-0.25, -0.2) is 24.2 Å². The van der Waals surface area contributed by atoms with E-state index in [4.69, 9.17) is 28.4 Å². The lowest BCUT2D eigenvalue weighted by Crippen LogP contribution is -2.11. The first kappa shape index (κ1) is 44.6. The van der Waals surface area contributed by atoms with Crippen LogP contribution in [-0.2, 0) is 25.5 Å². The van der Waals surface area contributed by atoms with Crippen LogP contribution in [0.4, 0.5) is 22.9 Å². The Balaban J connectivity index is 1.16. The zero-order valence-electron chi connectivity index (χ0n) is 34.8. The van der Waals surface area contributed by atoms with E-state index in [1.54, 1.807) is 66.9 Å². The van der Waals surface area contributed by atoms with Crippen LogP contribution in [0.3, 0.4) is 0 Å². The molecule has 0 atom stereocenters. The Labute approximate surface area is 365 Å². The Bertz CT molecular complexity index is 2560. The molecule has 1 heterocycles. The first-order valence-corrected chi connectivity index (χ1v) is 20.3. The fourth-order valence-corrected chi connectivity index (χ4v) is 6.12. The van der Waals surface area contributed by atoms with Crippen molar-refractivity contribution in [2.24, 2.45) is 0 Å². The monoisotopic (exact) mass is 849 g/mol. The number of carbonyl (C=O) groups is 4. The summed E-state index contributed by atoms with van der Waals surface area (Å²) < 4.78 is 33.0. The quantitative estimate of drug-likeness (QED) is 0.0288. The van der Waals surface area contributed by atoms with E-state index in [1.165, 1.54) is 17.7 Å². The number of esters is 4. The second-order valence-corrected chi connectivity index (χ2v) is 14.0. The van der Waals surface area contributed by atoms with Crippen molar-refractivity contribution in [3.05, 3.63) is 163 Å². The molecule has 0 saturated carbocycles. The van der Waals surface area contributed by atoms with E-state index in [2.05, 4.69) is 66.0 Å². The second kappa shape index (κ2) is 22.6. The number of aromatic nitrogens is 1. The van der Waals surface area contributed by atoms with Gasteiger partial charge in [-0.15, -0.1) is 0 Å². The molecular weight excluding hydrogens is 803 g/mol. The predicted octanol–water partition coefficient (Wildman–Crippen LogP) is 10.1. The van der Waals surface area contributed by atoms with Gasteiger partial charge >= 0.3 is 23.9 Å². The van der Waals surface area contributed by atoms with Crippen molar-refractivity contribution in [2.45, 2.75) is 32.6 Å². The average molecular weight is 850 g/mol. The van der Waals surface area contributed by atoms with E-state index in [-0.39, 0.29) is 35.8 Å². The number of pyridine rings is 1. The largest absolute Gasteiger partial charge is 0.493 e. The second-order valence-electron chi connectivity index (χ2n) is 14.0. The molecule has 0 unspecified atom stereocenters. The van der Waals surface area contributed by atoms with Crippen molar-refractivity contribution >= 4 is 57.5 Å². The van der Waals surface area contributed by atoms with E-state index in [9.17, 15) is 19.2 Å². The first-order chi connectivity index (χ1) is 30.7. The summed E-state index contributed by atoms with van der Waals surface area (Å²) in [7, 11) is 0. The van der Waals surface area contributed by atoms with Crippen LogP contribution >= 0.6 is 0 Å². The van der Waals surface area contributed by atoms with Crippen LogP contribution in [0.1, 0.15) is 52.5 Å². The van der Waals surface area contributed by atoms with Gasteiger partial charge in [-0.1, -0.05) is 50.8 Å². The molecule has 5 aromatic carbocycles. The van der Waals surface area contributed by atoms with Crippen LogP contribution in [-0.4, -0.2) is 55.3 Å². The summed E-state index contributed by atoms with van der Waals surface area (Å²) in [6.07, 6.45) is 6.86. The maximum absolute atomic E-state index is 13.5. The number of rotatable bonds is 22. The molecule has 0 aliphatic rings. The number of hydrogen-bond acceptors (Lipinski definition) is 13. The highest BCUT2D eigenvalue weighted by Gasteiger charge is 2.17. The van der Waals surface area contributed by atoms with E-state index in [1.807, 2.05) is 12.1 Å². The highest BCUT2D eigenvalue weighted by molar-refractivity contribution is 5.93. The van der Waals surface area contributed by atoms with Gasteiger partial charge in [-0.05, 0) is 102 Å². The number of ether oxygens (including phenoxy) is 6. The molecule has 322 valence electrons. The molecule has 13 heteroatoms. The van der Waals surface area contributed by atoms with Crippen LogP contribution in [0.5, 0.6) is 23.0 Å². The number of hydrogen-bond donors (Lipinski definition) is 2. The van der Waals surface area contributed by atoms with Gasteiger partial charge in [0.15, 0.2) is 5.75 Å². The molecule has 0 bridgehead atoms. The van der Waals surface area contributed by atoms with Gasteiger partial charge in [0.1, 0.15) is 23.1 Å². The molecule has 0 radical (unpaired) electrons. The molecule has 63 heavy (non-hydrogen) atoms. The molecule has 0 spiro atoms. The van der Waals surface area contributed by atoms with Crippen LogP contribution < -0.4 is 29.6 Å². The third-order valence-electron chi connectivity index (χ3n) is 9.24. The molecular formula is C50H47N3O10. The number of anilines is 4. The van der Waals surface area contributed by atoms with Gasteiger partial charge in [-0.3, -0.25) is 0 Å². The zero-order chi connectivity index (χ0) is 44.4. The molecule has 0 saturated heterocycles. The number of carbonyl (C=O) groups excluding carboxylic acids is 4. The van der Waals surface area contributed by atoms with Crippen LogP contribution in [0.2, 0.25) is 0 Å². The lowest BCUT2D eigenvalue weighted by atomic mass is 10.0.